The van der Waals surface area contributed by atoms with E-state index >= 15 is 3.83 Å². The molecule has 4 nitrogen and oxygen atoms in total. The van der Waals surface area contributed by atoms with Gasteiger partial charge >= 0.3 is 292 Å². The molecule has 0 amide bonds. The summed E-state index contributed by atoms with van der Waals surface area (Å²) in [5.74, 6) is 5.07. The molecule has 0 aromatic heterocycles. The second kappa shape index (κ2) is 10.7. The number of anilines is 2. The Morgan fingerprint density at radius 3 is 1.69 bits per heavy atom. The average molecular weight is 755 g/mol. The molecule has 2 aliphatic heterocycles. The number of hydrogen-bond acceptors (Lipinski definition) is 4. The van der Waals surface area contributed by atoms with Crippen molar-refractivity contribution in [2.24, 2.45) is 35.5 Å². The van der Waals surface area contributed by atoms with Gasteiger partial charge in [-0.15, -0.1) is 0 Å². The molecule has 8 aliphatic carbocycles. The molecule has 10 aliphatic rings. The minimum atomic E-state index is -3.65. The van der Waals surface area contributed by atoms with Crippen LogP contribution in [0.15, 0.2) is 72.8 Å². The van der Waals surface area contributed by atoms with Crippen LogP contribution in [0.3, 0.4) is 0 Å². The topological polar surface area (TPSA) is 44.7 Å². The van der Waals surface area contributed by atoms with Crippen LogP contribution in [-0.4, -0.2) is 40.4 Å². The summed E-state index contributed by atoms with van der Waals surface area (Å²) in [7, 11) is 0. The molecule has 8 saturated carbocycles. The van der Waals surface area contributed by atoms with Gasteiger partial charge in [-0.2, -0.15) is 0 Å². The normalized spacial score (nSPS) is 42.1. The van der Waals surface area contributed by atoms with E-state index in [1.807, 2.05) is 0 Å². The van der Waals surface area contributed by atoms with Crippen LogP contribution in [0.2, 0.25) is 0 Å². The van der Waals surface area contributed by atoms with Crippen LogP contribution >= 0.6 is 5.45 Å². The first-order valence-corrected chi connectivity index (χ1v) is 25.6. The van der Waals surface area contributed by atoms with Gasteiger partial charge in [-0.3, -0.25) is 0 Å². The van der Waals surface area contributed by atoms with Crippen molar-refractivity contribution < 1.29 is 24.2 Å². The number of morpholine rings is 1. The van der Waals surface area contributed by atoms with E-state index in [0.29, 0.717) is 0 Å². The Kier molecular flexibility index (Phi) is 6.65. The van der Waals surface area contributed by atoms with Crippen LogP contribution in [0.5, 0.6) is 0 Å². The van der Waals surface area contributed by atoms with Gasteiger partial charge in [0.05, 0.1) is 0 Å². The van der Waals surface area contributed by atoms with Crippen molar-refractivity contribution in [3.05, 3.63) is 72.8 Å². The van der Waals surface area contributed by atoms with Crippen LogP contribution in [0.1, 0.15) is 77.0 Å². The van der Waals surface area contributed by atoms with Gasteiger partial charge in [0.25, 0.3) is 0 Å². The fraction of sp³-hybridized carbons (Fsp3) is 0.571. The van der Waals surface area contributed by atoms with Gasteiger partial charge in [-0.25, -0.2) is 0 Å². The van der Waals surface area contributed by atoms with Crippen molar-refractivity contribution in [1.29, 1.82) is 0 Å². The fourth-order valence-electron chi connectivity index (χ4n) is 14.6. The fourth-order valence-corrected chi connectivity index (χ4v) is 42.2. The van der Waals surface area contributed by atoms with E-state index in [1.54, 1.807) is 5.30 Å². The minimum absolute atomic E-state index is 0.230. The first kappa shape index (κ1) is 30.0. The summed E-state index contributed by atoms with van der Waals surface area (Å²) in [5, 5.41) is 2.12. The molecular formula is C42H53N2O2PPd. The molecule has 8 bridgehead atoms. The molecule has 1 atom stereocenters. The van der Waals surface area contributed by atoms with Crippen molar-refractivity contribution in [2.45, 2.75) is 87.4 Å². The predicted octanol–water partition coefficient (Wildman–Crippen LogP) is 8.15. The maximum absolute atomic E-state index is 15.0. The molecule has 9 fully saturated rings. The van der Waals surface area contributed by atoms with Crippen LogP contribution in [-0.2, 0) is 20.4 Å². The Labute approximate surface area is 291 Å². The molecule has 13 rings (SSSR count). The van der Waals surface area contributed by atoms with Crippen LogP contribution < -0.4 is 18.2 Å². The summed E-state index contributed by atoms with van der Waals surface area (Å²) < 4.78 is 26.7. The molecule has 3 aromatic carbocycles. The van der Waals surface area contributed by atoms with E-state index < -0.39 is 21.1 Å². The molecule has 258 valence electrons. The molecule has 6 heteroatoms. The Bertz CT molecular complexity index is 1650. The van der Waals surface area contributed by atoms with Gasteiger partial charge in [0.2, 0.25) is 0 Å². The number of hydrogen-bond donors (Lipinski definition) is 2. The number of fused-ring (bicyclic) bond motifs is 3. The van der Waals surface area contributed by atoms with Crippen LogP contribution in [0, 0.1) is 35.5 Å². The maximum atomic E-state index is 15.0. The summed E-state index contributed by atoms with van der Waals surface area (Å²) >= 11 is -3.65. The molecule has 1 saturated heterocycles. The van der Waals surface area contributed by atoms with E-state index in [-0.39, 0.29) is 10.3 Å². The molecular weight excluding hydrogens is 702 g/mol. The summed E-state index contributed by atoms with van der Waals surface area (Å²) in [6.07, 6.45) is 16.9. The number of nitrogens with zero attached hydrogens (tertiary/aromatic N) is 1. The first-order chi connectivity index (χ1) is 23.5. The third kappa shape index (κ3) is 3.93. The number of nitrogens with one attached hydrogen (secondary N) is 1. The summed E-state index contributed by atoms with van der Waals surface area (Å²) in [5.41, 5.74) is 2.35. The number of benzene rings is 3. The first-order valence-electron chi connectivity index (χ1n) is 19.3. The van der Waals surface area contributed by atoms with Gasteiger partial charge in [-0.05, 0) is 0 Å². The molecule has 2 heterocycles. The van der Waals surface area contributed by atoms with Crippen molar-refractivity contribution >= 4 is 26.2 Å². The molecule has 1 unspecified atom stereocenters. The van der Waals surface area contributed by atoms with Gasteiger partial charge in [0.15, 0.2) is 0 Å². The van der Waals surface area contributed by atoms with Crippen LogP contribution in [0.4, 0.5) is 11.4 Å². The molecule has 0 spiro atoms. The van der Waals surface area contributed by atoms with E-state index in [1.165, 1.54) is 104 Å². The van der Waals surface area contributed by atoms with Crippen LogP contribution in [0.25, 0.3) is 11.1 Å². The third-order valence-electron chi connectivity index (χ3n) is 14.9. The molecule has 3 aromatic rings. The zero-order valence-corrected chi connectivity index (χ0v) is 30.9. The zero-order valence-electron chi connectivity index (χ0n) is 28.3. The van der Waals surface area contributed by atoms with Crippen molar-refractivity contribution in [1.82, 2.24) is 0 Å². The molecule has 0 radical (unpaired) electrons. The average Bonchev–Trinajstić information content (AvgIpc) is 3.08. The van der Waals surface area contributed by atoms with Gasteiger partial charge in [0, 0.05) is 0 Å². The van der Waals surface area contributed by atoms with E-state index in [9.17, 15) is 0 Å². The zero-order chi connectivity index (χ0) is 31.7. The summed E-state index contributed by atoms with van der Waals surface area (Å²) in [4.78, 5) is 2.70. The Hall–Kier alpha value is -1.73. The van der Waals surface area contributed by atoms with Crippen molar-refractivity contribution in [3.8, 4) is 11.1 Å². The summed E-state index contributed by atoms with van der Waals surface area (Å²) in [6.45, 7) is 3.51. The Morgan fingerprint density at radius 2 is 1.10 bits per heavy atom. The van der Waals surface area contributed by atoms with Crippen molar-refractivity contribution in [3.63, 3.8) is 0 Å². The number of para-hydroxylation sites is 2. The Morgan fingerprint density at radius 1 is 0.625 bits per heavy atom. The monoisotopic (exact) mass is 754 g/mol. The SMILES string of the molecule is [OH][Pd]1([PH](c2ccccc2N2CCOCC2)(C23CC4CC(CC(C4)C2)C3)C23CC4CC(CC(C4)C2)C3)[NH]c2ccccc2-c2cccc[c]21. The quantitative estimate of drug-likeness (QED) is 0.204. The van der Waals surface area contributed by atoms with E-state index in [0.717, 1.165) is 61.8 Å². The summed E-state index contributed by atoms with van der Waals surface area (Å²) in [6, 6.07) is 28.1. The number of ether oxygens (including phenoxy) is 1. The predicted molar refractivity (Wildman–Crippen MR) is 197 cm³/mol. The molecule has 48 heavy (non-hydrogen) atoms. The third-order valence-corrected chi connectivity index (χ3v) is 36.4. The van der Waals surface area contributed by atoms with E-state index in [2.05, 4.69) is 81.6 Å². The van der Waals surface area contributed by atoms with Gasteiger partial charge < -0.3 is 0 Å². The second-order valence-electron chi connectivity index (χ2n) is 17.6. The van der Waals surface area contributed by atoms with Crippen molar-refractivity contribution in [2.75, 3.05) is 35.2 Å². The second-order valence-corrected chi connectivity index (χ2v) is 31.2. The number of rotatable bonds is 5. The van der Waals surface area contributed by atoms with Gasteiger partial charge in [0.1, 0.15) is 0 Å². The Balaban J connectivity index is 1.28. The van der Waals surface area contributed by atoms with Gasteiger partial charge in [-0.1, -0.05) is 0 Å². The molecule has 2 N–H and O–H groups in total. The standard InChI is InChI=1S/C30H42NOP.C12H9N.H2O.Pd/c1-2-4-28(27(3-1)31-5-7-32-8-6-31)33(29-15-21-9-22(16-29)11-23(10-21)17-29)30-18-24-12-25(19-30)14-26(13-24)20-30;13-12-9-5-4-8-11(12)10-6-2-1-3-7-10;;/h1-4,21-26H,5-20H2;1-6,8-9,13H;1H2;/q;-1;;+1. The van der Waals surface area contributed by atoms with E-state index in [4.69, 9.17) is 4.74 Å².